The first-order valence-electron chi connectivity index (χ1n) is 8.89. The predicted octanol–water partition coefficient (Wildman–Crippen LogP) is 2.00. The van der Waals surface area contributed by atoms with Gasteiger partial charge in [-0.3, -0.25) is 4.79 Å². The molecule has 0 bridgehead atoms. The van der Waals surface area contributed by atoms with E-state index in [0.29, 0.717) is 43.0 Å². The summed E-state index contributed by atoms with van der Waals surface area (Å²) in [5, 5.41) is 0. The van der Waals surface area contributed by atoms with Crippen LogP contribution in [0.15, 0.2) is 36.9 Å². The van der Waals surface area contributed by atoms with Crippen LogP contribution in [-0.2, 0) is 17.9 Å². The molecule has 140 valence electrons. The Balaban J connectivity index is 1.51. The number of hydrogen-bond acceptors (Lipinski definition) is 6. The topological polar surface area (TPSA) is 99.2 Å². The molecule has 2 N–H and O–H groups in total. The zero-order valence-electron chi connectivity index (χ0n) is 15.4. The van der Waals surface area contributed by atoms with Gasteiger partial charge in [0.2, 0.25) is 5.91 Å². The largest absolute Gasteiger partial charge is 0.486 e. The monoisotopic (exact) mass is 366 g/mol. The summed E-state index contributed by atoms with van der Waals surface area (Å²) >= 11 is 0. The van der Waals surface area contributed by atoms with E-state index < -0.39 is 5.60 Å². The summed E-state index contributed by atoms with van der Waals surface area (Å²) in [5.74, 6) is 1.24. The maximum atomic E-state index is 12.9. The summed E-state index contributed by atoms with van der Waals surface area (Å²) in [7, 11) is 0. The van der Waals surface area contributed by atoms with Crippen molar-refractivity contribution < 1.29 is 9.53 Å². The Labute approximate surface area is 157 Å². The van der Waals surface area contributed by atoms with E-state index in [-0.39, 0.29) is 5.91 Å². The van der Waals surface area contributed by atoms with Crippen LogP contribution >= 0.6 is 0 Å². The first-order valence-corrected chi connectivity index (χ1v) is 8.89. The molecule has 4 rings (SSSR count). The Morgan fingerprint density at radius 1 is 1.26 bits per heavy atom. The number of benzene rings is 1. The minimum atomic E-state index is -0.453. The van der Waals surface area contributed by atoms with Crippen molar-refractivity contribution in [2.75, 3.05) is 12.3 Å². The van der Waals surface area contributed by atoms with E-state index in [1.807, 2.05) is 47.6 Å². The number of nitrogens with zero attached hydrogens (tertiary/aromatic N) is 5. The zero-order valence-corrected chi connectivity index (χ0v) is 15.4. The summed E-state index contributed by atoms with van der Waals surface area (Å²) in [4.78, 5) is 27.2. The van der Waals surface area contributed by atoms with Gasteiger partial charge in [-0.05, 0) is 19.9 Å². The number of rotatable bonds is 3. The van der Waals surface area contributed by atoms with Crippen molar-refractivity contribution in [2.24, 2.45) is 0 Å². The number of aromatic nitrogens is 4. The number of fused-ring (bicyclic) bond motifs is 2. The lowest BCUT2D eigenvalue weighted by molar-refractivity contribution is -0.133. The number of carbonyl (C=O) groups is 1. The van der Waals surface area contributed by atoms with Gasteiger partial charge in [-0.25, -0.2) is 15.0 Å². The van der Waals surface area contributed by atoms with Crippen molar-refractivity contribution in [3.63, 3.8) is 0 Å². The van der Waals surface area contributed by atoms with Crippen molar-refractivity contribution >= 4 is 22.9 Å². The molecule has 0 radical (unpaired) electrons. The second-order valence-electron chi connectivity index (χ2n) is 7.34. The molecule has 0 fully saturated rings. The van der Waals surface area contributed by atoms with Crippen LogP contribution < -0.4 is 10.5 Å². The first-order chi connectivity index (χ1) is 12.9. The highest BCUT2D eigenvalue weighted by molar-refractivity contribution is 5.81. The number of nitrogens with two attached hydrogens (primary N) is 1. The Bertz CT molecular complexity index is 997. The number of hydrogen-bond donors (Lipinski definition) is 1. The predicted molar refractivity (Wildman–Crippen MR) is 101 cm³/mol. The number of imidazole rings is 1. The second kappa shape index (κ2) is 6.53. The summed E-state index contributed by atoms with van der Waals surface area (Å²) in [6.45, 7) is 5.54. The third kappa shape index (κ3) is 3.42. The second-order valence-corrected chi connectivity index (χ2v) is 7.34. The first kappa shape index (κ1) is 17.3. The number of anilines is 1. The Kier molecular flexibility index (Phi) is 4.18. The molecule has 1 aliphatic heterocycles. The zero-order chi connectivity index (χ0) is 19.0. The van der Waals surface area contributed by atoms with E-state index in [2.05, 4.69) is 15.0 Å². The molecule has 3 heterocycles. The molecule has 1 aromatic carbocycles. The van der Waals surface area contributed by atoms with Crippen LogP contribution in [0.1, 0.15) is 25.8 Å². The van der Waals surface area contributed by atoms with Gasteiger partial charge in [0.25, 0.3) is 0 Å². The molecule has 0 spiro atoms. The number of ether oxygens (including phenoxy) is 1. The highest BCUT2D eigenvalue weighted by Crippen LogP contribution is 2.29. The molecule has 0 aliphatic carbocycles. The normalized spacial score (nSPS) is 15.9. The fraction of sp³-hybridized carbons (Fsp3) is 0.368. The van der Waals surface area contributed by atoms with Crippen LogP contribution in [0.5, 0.6) is 5.75 Å². The van der Waals surface area contributed by atoms with Gasteiger partial charge >= 0.3 is 0 Å². The van der Waals surface area contributed by atoms with Crippen LogP contribution in [0, 0.1) is 0 Å². The lowest BCUT2D eigenvalue weighted by atomic mass is 10.1. The molecule has 8 nitrogen and oxygen atoms in total. The smallest absolute Gasteiger partial charge is 0.224 e. The van der Waals surface area contributed by atoms with Crippen LogP contribution in [0.2, 0.25) is 0 Å². The number of amides is 1. The van der Waals surface area contributed by atoms with Crippen molar-refractivity contribution in [3.8, 4) is 5.75 Å². The van der Waals surface area contributed by atoms with E-state index in [1.165, 1.54) is 6.33 Å². The lowest BCUT2D eigenvalue weighted by Gasteiger charge is -2.29. The minimum Gasteiger partial charge on any atom is -0.486 e. The molecule has 1 aliphatic rings. The van der Waals surface area contributed by atoms with E-state index >= 15 is 0 Å². The van der Waals surface area contributed by atoms with Gasteiger partial charge in [-0.1, -0.05) is 18.2 Å². The molecule has 1 amide bonds. The van der Waals surface area contributed by atoms with Gasteiger partial charge in [-0.15, -0.1) is 0 Å². The van der Waals surface area contributed by atoms with Gasteiger partial charge in [0.15, 0.2) is 11.5 Å². The summed E-state index contributed by atoms with van der Waals surface area (Å²) in [5.41, 5.74) is 7.58. The molecule has 27 heavy (non-hydrogen) atoms. The van der Waals surface area contributed by atoms with Crippen LogP contribution in [0.25, 0.3) is 11.2 Å². The fourth-order valence-electron chi connectivity index (χ4n) is 3.40. The van der Waals surface area contributed by atoms with Crippen LogP contribution in [-0.4, -0.2) is 42.5 Å². The van der Waals surface area contributed by atoms with Crippen molar-refractivity contribution in [1.29, 1.82) is 0 Å². The van der Waals surface area contributed by atoms with Crippen LogP contribution in [0.4, 0.5) is 5.82 Å². The molecule has 8 heteroatoms. The average molecular weight is 366 g/mol. The van der Waals surface area contributed by atoms with Gasteiger partial charge < -0.3 is 19.9 Å². The molecule has 0 unspecified atom stereocenters. The number of para-hydroxylation sites is 1. The van der Waals surface area contributed by atoms with Gasteiger partial charge in [0.1, 0.15) is 23.2 Å². The molecular weight excluding hydrogens is 344 g/mol. The molecule has 2 aromatic heterocycles. The highest BCUT2D eigenvalue weighted by Gasteiger charge is 2.31. The quantitative estimate of drug-likeness (QED) is 0.761. The van der Waals surface area contributed by atoms with Crippen molar-refractivity contribution in [1.82, 2.24) is 24.4 Å². The third-order valence-corrected chi connectivity index (χ3v) is 4.64. The Morgan fingerprint density at radius 3 is 2.93 bits per heavy atom. The maximum absolute atomic E-state index is 12.9. The van der Waals surface area contributed by atoms with E-state index in [0.717, 1.165) is 11.3 Å². The number of aryl methyl sites for hydroxylation is 1. The molecule has 0 saturated carbocycles. The van der Waals surface area contributed by atoms with Gasteiger partial charge in [0.05, 0.1) is 12.9 Å². The average Bonchev–Trinajstić information content (AvgIpc) is 2.98. The number of nitrogen functional groups attached to an aromatic ring is 1. The molecular formula is C19H22N6O2. The fourth-order valence-corrected chi connectivity index (χ4v) is 3.40. The van der Waals surface area contributed by atoms with Gasteiger partial charge in [0, 0.05) is 25.1 Å². The SMILES string of the molecule is CC1(C)CN(C(=O)CCn2cnc3c(N)ncnc32)Cc2ccccc2O1. The highest BCUT2D eigenvalue weighted by atomic mass is 16.5. The standard InChI is InChI=1S/C19H22N6O2/c1-19(2)10-25(9-13-5-3-4-6-14(13)27-19)15(26)7-8-24-12-23-16-17(20)21-11-22-18(16)24/h3-6,11-12H,7-10H2,1-2H3,(H2,20,21,22). The summed E-state index contributed by atoms with van der Waals surface area (Å²) < 4.78 is 7.94. The third-order valence-electron chi connectivity index (χ3n) is 4.64. The lowest BCUT2D eigenvalue weighted by Crippen LogP contribution is -2.43. The van der Waals surface area contributed by atoms with Gasteiger partial charge in [-0.2, -0.15) is 0 Å². The van der Waals surface area contributed by atoms with Crippen LogP contribution in [0.3, 0.4) is 0 Å². The Hall–Kier alpha value is -3.16. The summed E-state index contributed by atoms with van der Waals surface area (Å²) in [6.07, 6.45) is 3.39. The maximum Gasteiger partial charge on any atom is 0.224 e. The molecule has 0 saturated heterocycles. The number of carbonyl (C=O) groups excluding carboxylic acids is 1. The molecule has 0 atom stereocenters. The van der Waals surface area contributed by atoms with Crippen molar-refractivity contribution in [2.45, 2.75) is 39.0 Å². The van der Waals surface area contributed by atoms with Crippen molar-refractivity contribution in [3.05, 3.63) is 42.5 Å². The minimum absolute atomic E-state index is 0.0623. The van der Waals surface area contributed by atoms with E-state index in [4.69, 9.17) is 10.5 Å². The van der Waals surface area contributed by atoms with E-state index in [1.54, 1.807) is 6.33 Å². The molecule has 3 aromatic rings. The van der Waals surface area contributed by atoms with E-state index in [9.17, 15) is 4.79 Å². The summed E-state index contributed by atoms with van der Waals surface area (Å²) in [6, 6.07) is 7.86. The Morgan fingerprint density at radius 2 is 2.07 bits per heavy atom.